The number of carbonyl (C=O) groups is 1. The summed E-state index contributed by atoms with van der Waals surface area (Å²) in [6, 6.07) is 4.05. The first-order valence-electron chi connectivity index (χ1n) is 5.97. The van der Waals surface area contributed by atoms with Gasteiger partial charge in [0.05, 0.1) is 5.56 Å². The monoisotopic (exact) mass is 267 g/mol. The third kappa shape index (κ3) is 4.56. The van der Waals surface area contributed by atoms with Crippen LogP contribution >= 0.6 is 11.8 Å². The second-order valence-corrected chi connectivity index (χ2v) is 5.44. The predicted octanol–water partition coefficient (Wildman–Crippen LogP) is 2.34. The lowest BCUT2D eigenvalue weighted by Crippen LogP contribution is -2.22. The molecular formula is C13H21N3OS. The Bertz CT molecular complexity index is 378. The summed E-state index contributed by atoms with van der Waals surface area (Å²) in [6.45, 7) is 2.14. The Labute approximate surface area is 113 Å². The number of thioether (sulfide) groups is 1. The highest BCUT2D eigenvalue weighted by atomic mass is 32.2. The highest BCUT2D eigenvalue weighted by Crippen LogP contribution is 2.10. The van der Waals surface area contributed by atoms with E-state index >= 15 is 0 Å². The Kier molecular flexibility index (Phi) is 5.98. The average Bonchev–Trinajstić information content (AvgIpc) is 2.36. The number of aromatic nitrogens is 1. The van der Waals surface area contributed by atoms with E-state index in [2.05, 4.69) is 23.5 Å². The first kappa shape index (κ1) is 14.8. The van der Waals surface area contributed by atoms with Crippen LogP contribution in [0, 0.1) is 0 Å². The van der Waals surface area contributed by atoms with Gasteiger partial charge < -0.3 is 10.2 Å². The standard InChI is InChI=1S/C13H21N3OS/c1-10(7-8-18-4)15-12-6-5-11(9-14-12)13(17)16(2)3/h5-6,9-10H,7-8H2,1-4H3,(H,14,15). The van der Waals surface area contributed by atoms with Gasteiger partial charge in [-0.3, -0.25) is 4.79 Å². The van der Waals surface area contributed by atoms with Gasteiger partial charge in [-0.2, -0.15) is 11.8 Å². The third-order valence-corrected chi connectivity index (χ3v) is 3.21. The normalized spacial score (nSPS) is 12.0. The van der Waals surface area contributed by atoms with E-state index in [9.17, 15) is 4.79 Å². The lowest BCUT2D eigenvalue weighted by molar-refractivity contribution is 0.0827. The summed E-state index contributed by atoms with van der Waals surface area (Å²) in [7, 11) is 3.47. The summed E-state index contributed by atoms with van der Waals surface area (Å²) in [5.74, 6) is 1.93. The molecule has 1 amide bonds. The molecule has 1 aromatic rings. The van der Waals surface area contributed by atoms with Crippen LogP contribution in [-0.2, 0) is 0 Å². The molecule has 1 unspecified atom stereocenters. The first-order chi connectivity index (χ1) is 8.54. The molecule has 0 saturated heterocycles. The van der Waals surface area contributed by atoms with Crippen LogP contribution in [0.3, 0.4) is 0 Å². The summed E-state index contributed by atoms with van der Waals surface area (Å²) in [4.78, 5) is 17.5. The van der Waals surface area contributed by atoms with Gasteiger partial charge in [-0.25, -0.2) is 4.98 Å². The van der Waals surface area contributed by atoms with Gasteiger partial charge in [0.15, 0.2) is 0 Å². The molecule has 0 aliphatic rings. The van der Waals surface area contributed by atoms with Crippen LogP contribution in [0.2, 0.25) is 0 Å². The molecule has 1 rings (SSSR count). The number of hydrogen-bond acceptors (Lipinski definition) is 4. The number of rotatable bonds is 6. The maximum Gasteiger partial charge on any atom is 0.254 e. The van der Waals surface area contributed by atoms with Crippen LogP contribution in [0.1, 0.15) is 23.7 Å². The van der Waals surface area contributed by atoms with E-state index in [1.165, 1.54) is 0 Å². The van der Waals surface area contributed by atoms with E-state index in [-0.39, 0.29) is 5.91 Å². The SMILES string of the molecule is CSCCC(C)Nc1ccc(C(=O)N(C)C)cn1. The Hall–Kier alpha value is -1.23. The number of pyridine rings is 1. The lowest BCUT2D eigenvalue weighted by atomic mass is 10.2. The van der Waals surface area contributed by atoms with Gasteiger partial charge in [-0.1, -0.05) is 0 Å². The van der Waals surface area contributed by atoms with Gasteiger partial charge in [0.1, 0.15) is 5.82 Å². The van der Waals surface area contributed by atoms with Crippen LogP contribution in [0.5, 0.6) is 0 Å². The van der Waals surface area contributed by atoms with E-state index in [1.807, 2.05) is 17.8 Å². The maximum atomic E-state index is 11.7. The zero-order chi connectivity index (χ0) is 13.5. The highest BCUT2D eigenvalue weighted by Gasteiger charge is 2.08. The van der Waals surface area contributed by atoms with E-state index in [0.29, 0.717) is 11.6 Å². The second kappa shape index (κ2) is 7.26. The number of carbonyl (C=O) groups excluding carboxylic acids is 1. The molecule has 0 bridgehead atoms. The van der Waals surface area contributed by atoms with Crippen molar-refractivity contribution in [3.05, 3.63) is 23.9 Å². The number of hydrogen-bond donors (Lipinski definition) is 1. The lowest BCUT2D eigenvalue weighted by Gasteiger charge is -2.14. The second-order valence-electron chi connectivity index (χ2n) is 4.46. The van der Waals surface area contributed by atoms with Crippen LogP contribution < -0.4 is 5.32 Å². The largest absolute Gasteiger partial charge is 0.368 e. The van der Waals surface area contributed by atoms with Crippen molar-refractivity contribution in [2.24, 2.45) is 0 Å². The minimum Gasteiger partial charge on any atom is -0.368 e. The predicted molar refractivity (Wildman–Crippen MR) is 78.3 cm³/mol. The van der Waals surface area contributed by atoms with Gasteiger partial charge in [-0.15, -0.1) is 0 Å². The molecule has 0 aliphatic carbocycles. The summed E-state index contributed by atoms with van der Waals surface area (Å²) in [6.07, 6.45) is 4.82. The van der Waals surface area contributed by atoms with Crippen molar-refractivity contribution in [3.63, 3.8) is 0 Å². The molecular weight excluding hydrogens is 246 g/mol. The van der Waals surface area contributed by atoms with Gasteiger partial charge in [0, 0.05) is 26.3 Å². The molecule has 18 heavy (non-hydrogen) atoms. The van der Waals surface area contributed by atoms with Gasteiger partial charge in [-0.05, 0) is 37.5 Å². The molecule has 1 aromatic heterocycles. The number of nitrogens with one attached hydrogen (secondary N) is 1. The molecule has 0 saturated carbocycles. The molecule has 100 valence electrons. The van der Waals surface area contributed by atoms with Gasteiger partial charge >= 0.3 is 0 Å². The molecule has 4 nitrogen and oxygen atoms in total. The van der Waals surface area contributed by atoms with Crippen molar-refractivity contribution in [1.29, 1.82) is 0 Å². The number of amides is 1. The van der Waals surface area contributed by atoms with Crippen molar-refractivity contribution in [3.8, 4) is 0 Å². The molecule has 1 heterocycles. The smallest absolute Gasteiger partial charge is 0.254 e. The van der Waals surface area contributed by atoms with Crippen molar-refractivity contribution in [2.45, 2.75) is 19.4 Å². The van der Waals surface area contributed by atoms with E-state index in [0.717, 1.165) is 18.0 Å². The third-order valence-electron chi connectivity index (χ3n) is 2.57. The summed E-state index contributed by atoms with van der Waals surface area (Å²) < 4.78 is 0. The molecule has 5 heteroatoms. The summed E-state index contributed by atoms with van der Waals surface area (Å²) >= 11 is 1.84. The number of anilines is 1. The summed E-state index contributed by atoms with van der Waals surface area (Å²) in [5, 5.41) is 3.32. The average molecular weight is 267 g/mol. The fraction of sp³-hybridized carbons (Fsp3) is 0.538. The molecule has 0 spiro atoms. The zero-order valence-electron chi connectivity index (χ0n) is 11.4. The number of nitrogens with zero attached hydrogens (tertiary/aromatic N) is 2. The van der Waals surface area contributed by atoms with Crippen molar-refractivity contribution in [1.82, 2.24) is 9.88 Å². The fourth-order valence-electron chi connectivity index (χ4n) is 1.48. The molecule has 0 aromatic carbocycles. The molecule has 0 aliphatic heterocycles. The Morgan fingerprint density at radius 2 is 2.22 bits per heavy atom. The van der Waals surface area contributed by atoms with Crippen LogP contribution in [-0.4, -0.2) is 47.9 Å². The maximum absolute atomic E-state index is 11.7. The van der Waals surface area contributed by atoms with E-state index < -0.39 is 0 Å². The quantitative estimate of drug-likeness (QED) is 0.859. The van der Waals surface area contributed by atoms with Crippen LogP contribution in [0.25, 0.3) is 0 Å². The summed E-state index contributed by atoms with van der Waals surface area (Å²) in [5.41, 5.74) is 0.613. The van der Waals surface area contributed by atoms with E-state index in [4.69, 9.17) is 0 Å². The van der Waals surface area contributed by atoms with Gasteiger partial charge in [0.25, 0.3) is 5.91 Å². The van der Waals surface area contributed by atoms with Gasteiger partial charge in [0.2, 0.25) is 0 Å². The molecule has 0 radical (unpaired) electrons. The Morgan fingerprint density at radius 3 is 2.72 bits per heavy atom. The Morgan fingerprint density at radius 1 is 1.50 bits per heavy atom. The van der Waals surface area contributed by atoms with E-state index in [1.54, 1.807) is 31.3 Å². The fourth-order valence-corrected chi connectivity index (χ4v) is 2.07. The van der Waals surface area contributed by atoms with Crippen molar-refractivity contribution in [2.75, 3.05) is 31.4 Å². The first-order valence-corrected chi connectivity index (χ1v) is 7.37. The topological polar surface area (TPSA) is 45.2 Å². The zero-order valence-corrected chi connectivity index (χ0v) is 12.3. The van der Waals surface area contributed by atoms with Crippen molar-refractivity contribution >= 4 is 23.5 Å². The van der Waals surface area contributed by atoms with Crippen LogP contribution in [0.15, 0.2) is 18.3 Å². The molecule has 0 fully saturated rings. The highest BCUT2D eigenvalue weighted by molar-refractivity contribution is 7.98. The molecule has 1 N–H and O–H groups in total. The minimum absolute atomic E-state index is 0.0236. The van der Waals surface area contributed by atoms with Crippen LogP contribution in [0.4, 0.5) is 5.82 Å². The van der Waals surface area contributed by atoms with Crippen molar-refractivity contribution < 1.29 is 4.79 Å². The Balaban J connectivity index is 2.57. The minimum atomic E-state index is -0.0236. The molecule has 1 atom stereocenters.